The molecule has 0 radical (unpaired) electrons. The molecule has 2 rings (SSSR count). The zero-order chi connectivity index (χ0) is 10.4. The minimum Gasteiger partial charge on any atom is -0.177 e. The molecule has 0 unspecified atom stereocenters. The van der Waals surface area contributed by atoms with Crippen molar-refractivity contribution in [1.29, 1.82) is 0 Å². The van der Waals surface area contributed by atoms with E-state index in [1.165, 1.54) is 0 Å². The minimum absolute atomic E-state index is 0. The van der Waals surface area contributed by atoms with Crippen LogP contribution in [0.2, 0.25) is 0 Å². The zero-order valence-corrected chi connectivity index (χ0v) is 8.65. The van der Waals surface area contributed by atoms with Crippen molar-refractivity contribution in [3.05, 3.63) is 29.8 Å². The number of tetrazole rings is 1. The second-order valence-electron chi connectivity index (χ2n) is 2.55. The highest BCUT2D eigenvalue weighted by atomic mass is 15.5. The van der Waals surface area contributed by atoms with E-state index in [2.05, 4.69) is 20.6 Å². The van der Waals surface area contributed by atoms with Crippen molar-refractivity contribution in [2.75, 3.05) is 0 Å². The van der Waals surface area contributed by atoms with Crippen LogP contribution >= 0.6 is 0 Å². The third-order valence-corrected chi connectivity index (χ3v) is 1.73. The van der Waals surface area contributed by atoms with E-state index in [9.17, 15) is 0 Å². The van der Waals surface area contributed by atoms with Gasteiger partial charge in [-0.15, -0.1) is 10.2 Å². The molecule has 1 aromatic heterocycles. The quantitative estimate of drug-likeness (QED) is 0.755. The van der Waals surface area contributed by atoms with E-state index in [0.29, 0.717) is 5.82 Å². The number of rotatable bonds is 1. The van der Waals surface area contributed by atoms with Crippen molar-refractivity contribution >= 4 is 0 Å². The maximum atomic E-state index is 3.90. The second kappa shape index (κ2) is 5.11. The molecule has 0 saturated heterocycles. The fraction of sp³-hybridized carbons (Fsp3) is 0.300. The van der Waals surface area contributed by atoms with Gasteiger partial charge in [-0.1, -0.05) is 38.1 Å². The fourth-order valence-electron chi connectivity index (χ4n) is 1.10. The molecule has 0 spiro atoms. The summed E-state index contributed by atoms with van der Waals surface area (Å²) in [6.45, 7) is 6.02. The molecule has 2 aromatic rings. The Hall–Kier alpha value is -1.71. The Balaban J connectivity index is 0.000000617. The maximum absolute atomic E-state index is 3.90. The van der Waals surface area contributed by atoms with Gasteiger partial charge >= 0.3 is 0 Å². The smallest absolute Gasteiger partial charge is 0.177 e. The number of nitrogens with one attached hydrogen (secondary N) is 1. The van der Waals surface area contributed by atoms with Gasteiger partial charge < -0.3 is 0 Å². The first-order chi connectivity index (χ1) is 6.88. The lowest BCUT2D eigenvalue weighted by atomic mass is 10.1. The number of H-pyrrole nitrogens is 1. The first-order valence-corrected chi connectivity index (χ1v) is 4.67. The lowest BCUT2D eigenvalue weighted by Gasteiger charge is -1.97. The topological polar surface area (TPSA) is 54.5 Å². The van der Waals surface area contributed by atoms with Gasteiger partial charge in [-0.05, 0) is 17.7 Å². The van der Waals surface area contributed by atoms with Gasteiger partial charge in [-0.3, -0.25) is 0 Å². The molecule has 0 aliphatic carbocycles. The Bertz CT molecular complexity index is 373. The summed E-state index contributed by atoms with van der Waals surface area (Å²) < 4.78 is 0. The standard InChI is InChI=1S/C8H8N4.C2H6.H2/c1-6-4-2-3-5-7(6)8-9-11-12-10-8;1-2;/h2-5H,1H3,(H,9,10,11,12);1-2H3;1H. The van der Waals surface area contributed by atoms with Gasteiger partial charge in [0.15, 0.2) is 0 Å². The van der Waals surface area contributed by atoms with Crippen molar-refractivity contribution in [3.63, 3.8) is 0 Å². The summed E-state index contributed by atoms with van der Waals surface area (Å²) in [5.41, 5.74) is 2.17. The minimum atomic E-state index is 0. The van der Waals surface area contributed by atoms with Crippen LogP contribution in [0, 0.1) is 6.92 Å². The largest absolute Gasteiger partial charge is 0.204 e. The van der Waals surface area contributed by atoms with Gasteiger partial charge in [0.25, 0.3) is 0 Å². The van der Waals surface area contributed by atoms with Crippen LogP contribution in [0.3, 0.4) is 0 Å². The molecule has 1 aromatic carbocycles. The van der Waals surface area contributed by atoms with Crippen molar-refractivity contribution in [2.45, 2.75) is 20.8 Å². The van der Waals surface area contributed by atoms with Crippen molar-refractivity contribution in [2.24, 2.45) is 0 Å². The summed E-state index contributed by atoms with van der Waals surface area (Å²) in [6.07, 6.45) is 0. The number of hydrogen-bond donors (Lipinski definition) is 1. The predicted molar refractivity (Wildman–Crippen MR) is 57.8 cm³/mol. The van der Waals surface area contributed by atoms with E-state index < -0.39 is 0 Å². The number of hydrogen-bond acceptors (Lipinski definition) is 3. The van der Waals surface area contributed by atoms with Crippen LogP contribution in [0.25, 0.3) is 11.4 Å². The molecule has 4 heteroatoms. The first kappa shape index (κ1) is 10.4. The number of nitrogens with zero attached hydrogens (tertiary/aromatic N) is 3. The first-order valence-electron chi connectivity index (χ1n) is 4.67. The molecule has 0 saturated carbocycles. The highest BCUT2D eigenvalue weighted by Crippen LogP contribution is 2.16. The van der Waals surface area contributed by atoms with Crippen molar-refractivity contribution < 1.29 is 1.43 Å². The molecule has 0 bridgehead atoms. The van der Waals surface area contributed by atoms with Gasteiger partial charge in [0.05, 0.1) is 0 Å². The van der Waals surface area contributed by atoms with Crippen LogP contribution in [0.5, 0.6) is 0 Å². The Morgan fingerprint density at radius 2 is 1.93 bits per heavy atom. The Labute approximate surface area is 84.8 Å². The fourth-order valence-corrected chi connectivity index (χ4v) is 1.10. The third-order valence-electron chi connectivity index (χ3n) is 1.73. The molecule has 14 heavy (non-hydrogen) atoms. The predicted octanol–water partition coefficient (Wildman–Crippen LogP) is 2.45. The molecule has 1 N–H and O–H groups in total. The molecular weight excluding hydrogens is 176 g/mol. The number of benzene rings is 1. The van der Waals surface area contributed by atoms with E-state index in [4.69, 9.17) is 0 Å². The highest BCUT2D eigenvalue weighted by Gasteiger charge is 2.03. The molecular formula is C10H16N4. The van der Waals surface area contributed by atoms with E-state index in [1.807, 2.05) is 45.0 Å². The molecule has 0 amide bonds. The summed E-state index contributed by atoms with van der Waals surface area (Å²) in [5, 5.41) is 13.7. The third kappa shape index (κ3) is 2.16. The molecule has 76 valence electrons. The van der Waals surface area contributed by atoms with E-state index in [0.717, 1.165) is 11.1 Å². The van der Waals surface area contributed by atoms with Crippen LogP contribution < -0.4 is 0 Å². The van der Waals surface area contributed by atoms with Gasteiger partial charge in [-0.25, -0.2) is 0 Å². The van der Waals surface area contributed by atoms with Crippen LogP contribution in [-0.4, -0.2) is 20.6 Å². The molecule has 4 nitrogen and oxygen atoms in total. The van der Waals surface area contributed by atoms with Crippen LogP contribution in [0.4, 0.5) is 0 Å². The van der Waals surface area contributed by atoms with Crippen LogP contribution in [0.1, 0.15) is 20.8 Å². The zero-order valence-electron chi connectivity index (χ0n) is 8.65. The summed E-state index contributed by atoms with van der Waals surface area (Å²) in [4.78, 5) is 0. The van der Waals surface area contributed by atoms with Crippen molar-refractivity contribution in [3.8, 4) is 11.4 Å². The van der Waals surface area contributed by atoms with Crippen LogP contribution in [-0.2, 0) is 0 Å². The van der Waals surface area contributed by atoms with Crippen molar-refractivity contribution in [1.82, 2.24) is 20.6 Å². The molecule has 0 aliphatic rings. The lowest BCUT2D eigenvalue weighted by Crippen LogP contribution is -1.84. The second-order valence-corrected chi connectivity index (χ2v) is 2.55. The molecule has 1 heterocycles. The normalized spacial score (nSPS) is 9.07. The molecule has 0 fully saturated rings. The van der Waals surface area contributed by atoms with Gasteiger partial charge in [-0.2, -0.15) is 5.21 Å². The summed E-state index contributed by atoms with van der Waals surface area (Å²) in [5.74, 6) is 0.646. The number of aromatic nitrogens is 4. The Kier molecular flexibility index (Phi) is 3.79. The Morgan fingerprint density at radius 3 is 2.50 bits per heavy atom. The monoisotopic (exact) mass is 192 g/mol. The highest BCUT2D eigenvalue weighted by molar-refractivity contribution is 5.58. The van der Waals surface area contributed by atoms with Gasteiger partial charge in [0, 0.05) is 6.99 Å². The number of aromatic amines is 1. The van der Waals surface area contributed by atoms with Crippen LogP contribution in [0.15, 0.2) is 24.3 Å². The maximum Gasteiger partial charge on any atom is 0.204 e. The summed E-state index contributed by atoms with van der Waals surface area (Å²) >= 11 is 0. The van der Waals surface area contributed by atoms with E-state index >= 15 is 0 Å². The summed E-state index contributed by atoms with van der Waals surface area (Å²) in [6, 6.07) is 7.93. The average molecular weight is 192 g/mol. The van der Waals surface area contributed by atoms with Gasteiger partial charge in [0.1, 0.15) is 0 Å². The SMILES string of the molecule is CC.Cc1ccccc1-c1nn[nH]n1.[HH]. The molecule has 0 aliphatic heterocycles. The summed E-state index contributed by atoms with van der Waals surface area (Å²) in [7, 11) is 0. The van der Waals surface area contributed by atoms with E-state index in [-0.39, 0.29) is 1.43 Å². The Morgan fingerprint density at radius 1 is 1.21 bits per heavy atom. The average Bonchev–Trinajstić information content (AvgIpc) is 2.75. The van der Waals surface area contributed by atoms with Gasteiger partial charge in [0.2, 0.25) is 5.82 Å². The lowest BCUT2D eigenvalue weighted by molar-refractivity contribution is 0.881. The number of aryl methyl sites for hydroxylation is 1. The molecule has 0 atom stereocenters. The van der Waals surface area contributed by atoms with E-state index in [1.54, 1.807) is 0 Å².